The van der Waals surface area contributed by atoms with Crippen LogP contribution >= 0.6 is 0 Å². The Morgan fingerprint density at radius 1 is 1.17 bits per heavy atom. The van der Waals surface area contributed by atoms with Crippen LogP contribution in [0.1, 0.15) is 66.4 Å². The molecule has 0 aromatic heterocycles. The van der Waals surface area contributed by atoms with Crippen LogP contribution in [0, 0.1) is 11.2 Å². The predicted molar refractivity (Wildman–Crippen MR) is 102 cm³/mol. The second kappa shape index (κ2) is 7.39. The molecule has 1 aliphatic rings. The van der Waals surface area contributed by atoms with E-state index in [-0.39, 0.29) is 11.2 Å². The highest BCUT2D eigenvalue weighted by molar-refractivity contribution is 5.25. The molecule has 0 amide bonds. The molecule has 0 saturated carbocycles. The van der Waals surface area contributed by atoms with Gasteiger partial charge in [0, 0.05) is 6.04 Å². The Hall–Kier alpha value is -1.15. The lowest BCUT2D eigenvalue weighted by Gasteiger charge is -2.42. The zero-order valence-electron chi connectivity index (χ0n) is 16.3. The van der Waals surface area contributed by atoms with Crippen molar-refractivity contribution in [3.05, 3.63) is 47.3 Å². The molecular weight excluding hydrogens is 297 g/mol. The third-order valence-electron chi connectivity index (χ3n) is 5.49. The van der Waals surface area contributed by atoms with Crippen LogP contribution in [0.4, 0.5) is 4.39 Å². The van der Waals surface area contributed by atoms with Crippen molar-refractivity contribution in [3.8, 4) is 0 Å². The third-order valence-corrected chi connectivity index (χ3v) is 5.49. The largest absolute Gasteiger partial charge is 0.297 e. The van der Waals surface area contributed by atoms with E-state index in [0.717, 1.165) is 6.42 Å². The lowest BCUT2D eigenvalue weighted by molar-refractivity contribution is 0.0988. The average Bonchev–Trinajstić information content (AvgIpc) is 2.46. The summed E-state index contributed by atoms with van der Waals surface area (Å²) in [5.41, 5.74) is 3.09. The van der Waals surface area contributed by atoms with Crippen molar-refractivity contribution in [1.29, 1.82) is 0 Å². The normalized spacial score (nSPS) is 19.8. The van der Waals surface area contributed by atoms with E-state index < -0.39 is 0 Å². The van der Waals surface area contributed by atoms with Gasteiger partial charge in [0.25, 0.3) is 0 Å². The molecule has 0 spiro atoms. The van der Waals surface area contributed by atoms with E-state index in [1.807, 2.05) is 12.1 Å². The van der Waals surface area contributed by atoms with Gasteiger partial charge < -0.3 is 0 Å². The molecule has 134 valence electrons. The Bertz CT molecular complexity index is 554. The fourth-order valence-electron chi connectivity index (χ4n) is 3.68. The molecule has 1 aromatic carbocycles. The van der Waals surface area contributed by atoms with Crippen molar-refractivity contribution in [2.75, 3.05) is 13.1 Å². The van der Waals surface area contributed by atoms with Gasteiger partial charge in [-0.05, 0) is 74.7 Å². The summed E-state index contributed by atoms with van der Waals surface area (Å²) in [5, 5.41) is 0. The Morgan fingerprint density at radius 2 is 1.71 bits per heavy atom. The summed E-state index contributed by atoms with van der Waals surface area (Å²) in [4.78, 5) is 2.64. The number of rotatable bonds is 5. The molecule has 1 heterocycles. The summed E-state index contributed by atoms with van der Waals surface area (Å²) < 4.78 is 13.3. The van der Waals surface area contributed by atoms with Gasteiger partial charge in [-0.1, -0.05) is 51.5 Å². The Morgan fingerprint density at radius 3 is 2.21 bits per heavy atom. The van der Waals surface area contributed by atoms with E-state index in [1.165, 1.54) is 37.1 Å². The molecule has 2 heteroatoms. The Labute approximate surface area is 148 Å². The van der Waals surface area contributed by atoms with Gasteiger partial charge >= 0.3 is 0 Å². The highest BCUT2D eigenvalue weighted by atomic mass is 19.1. The minimum atomic E-state index is -0.159. The zero-order chi connectivity index (χ0) is 18.0. The quantitative estimate of drug-likeness (QED) is 0.603. The molecule has 1 saturated heterocycles. The van der Waals surface area contributed by atoms with Gasteiger partial charge in [-0.15, -0.1) is 0 Å². The van der Waals surface area contributed by atoms with Crippen molar-refractivity contribution in [2.24, 2.45) is 5.41 Å². The summed E-state index contributed by atoms with van der Waals surface area (Å²) in [6.07, 6.45) is 6.00. The smallest absolute Gasteiger partial charge is 0.123 e. The maximum atomic E-state index is 13.3. The van der Waals surface area contributed by atoms with Crippen molar-refractivity contribution < 1.29 is 4.39 Å². The molecule has 1 atom stereocenters. The molecule has 0 radical (unpaired) electrons. The number of halogens is 1. The van der Waals surface area contributed by atoms with Crippen LogP contribution in [-0.2, 0) is 5.41 Å². The lowest BCUT2D eigenvalue weighted by atomic mass is 9.77. The van der Waals surface area contributed by atoms with Crippen LogP contribution < -0.4 is 0 Å². The van der Waals surface area contributed by atoms with E-state index in [4.69, 9.17) is 0 Å². The minimum absolute atomic E-state index is 0.0251. The number of benzene rings is 1. The van der Waals surface area contributed by atoms with Crippen LogP contribution in [0.25, 0.3) is 0 Å². The molecule has 2 rings (SSSR count). The van der Waals surface area contributed by atoms with E-state index in [1.54, 1.807) is 12.1 Å². The van der Waals surface area contributed by atoms with Crippen LogP contribution in [-0.4, -0.2) is 24.0 Å². The van der Waals surface area contributed by atoms with E-state index in [0.29, 0.717) is 11.5 Å². The number of hydrogen-bond donors (Lipinski definition) is 0. The van der Waals surface area contributed by atoms with Crippen molar-refractivity contribution in [2.45, 2.75) is 72.3 Å². The van der Waals surface area contributed by atoms with Gasteiger partial charge in [-0.25, -0.2) is 4.39 Å². The second-order valence-corrected chi connectivity index (χ2v) is 9.11. The van der Waals surface area contributed by atoms with E-state index in [9.17, 15) is 4.39 Å². The predicted octanol–water partition coefficient (Wildman–Crippen LogP) is 5.95. The average molecular weight is 332 g/mol. The number of piperidine rings is 1. The number of allylic oxidation sites excluding steroid dienone is 1. The number of likely N-dealkylation sites (tertiary alicyclic amines) is 1. The van der Waals surface area contributed by atoms with Crippen molar-refractivity contribution in [3.63, 3.8) is 0 Å². The summed E-state index contributed by atoms with van der Waals surface area (Å²) in [5.74, 6) is -0.159. The van der Waals surface area contributed by atoms with Gasteiger partial charge in [0.15, 0.2) is 0 Å². The molecule has 0 aliphatic carbocycles. The molecule has 1 unspecified atom stereocenters. The van der Waals surface area contributed by atoms with Crippen LogP contribution in [0.5, 0.6) is 0 Å². The third kappa shape index (κ3) is 5.17. The number of hydrogen-bond acceptors (Lipinski definition) is 1. The first-order valence-corrected chi connectivity index (χ1v) is 9.24. The fraction of sp³-hybridized carbons (Fsp3) is 0.636. The van der Waals surface area contributed by atoms with E-state index in [2.05, 4.69) is 52.5 Å². The first kappa shape index (κ1) is 19.2. The fourth-order valence-corrected chi connectivity index (χ4v) is 3.68. The minimum Gasteiger partial charge on any atom is -0.297 e. The molecule has 0 N–H and O–H groups in total. The molecule has 1 aliphatic heterocycles. The second-order valence-electron chi connectivity index (χ2n) is 9.11. The molecular formula is C22H34FN. The van der Waals surface area contributed by atoms with Gasteiger partial charge in [-0.3, -0.25) is 4.90 Å². The standard InChI is InChI=1S/C22H34FN/c1-17(2)15-20(24-13-11-21(3,4)12-14-24)16-22(5,6)18-7-9-19(23)10-8-18/h7-10,15,20H,11-14,16H2,1-6H3. The summed E-state index contributed by atoms with van der Waals surface area (Å²) in [7, 11) is 0. The van der Waals surface area contributed by atoms with Gasteiger partial charge in [0.2, 0.25) is 0 Å². The van der Waals surface area contributed by atoms with Crippen LogP contribution in [0.15, 0.2) is 35.9 Å². The first-order chi connectivity index (χ1) is 11.1. The summed E-state index contributed by atoms with van der Waals surface area (Å²) in [6.45, 7) is 16.0. The van der Waals surface area contributed by atoms with Crippen LogP contribution in [0.3, 0.4) is 0 Å². The monoisotopic (exact) mass is 331 g/mol. The highest BCUT2D eigenvalue weighted by Crippen LogP contribution is 2.35. The molecule has 24 heavy (non-hydrogen) atoms. The van der Waals surface area contributed by atoms with E-state index >= 15 is 0 Å². The van der Waals surface area contributed by atoms with Crippen LogP contribution in [0.2, 0.25) is 0 Å². The van der Waals surface area contributed by atoms with Crippen molar-refractivity contribution in [1.82, 2.24) is 4.90 Å². The highest BCUT2D eigenvalue weighted by Gasteiger charge is 2.32. The maximum Gasteiger partial charge on any atom is 0.123 e. The maximum absolute atomic E-state index is 13.3. The topological polar surface area (TPSA) is 3.24 Å². The Kier molecular flexibility index (Phi) is 5.91. The van der Waals surface area contributed by atoms with Gasteiger partial charge in [0.05, 0.1) is 0 Å². The molecule has 1 aromatic rings. The molecule has 0 bridgehead atoms. The van der Waals surface area contributed by atoms with Crippen molar-refractivity contribution >= 4 is 0 Å². The summed E-state index contributed by atoms with van der Waals surface area (Å²) >= 11 is 0. The summed E-state index contributed by atoms with van der Waals surface area (Å²) in [6, 6.07) is 7.49. The first-order valence-electron chi connectivity index (χ1n) is 9.24. The SMILES string of the molecule is CC(C)=CC(CC(C)(C)c1ccc(F)cc1)N1CCC(C)(C)CC1. The number of nitrogens with zero attached hydrogens (tertiary/aromatic N) is 1. The Balaban J connectivity index is 2.16. The molecule has 1 fully saturated rings. The van der Waals surface area contributed by atoms with Gasteiger partial charge in [0.1, 0.15) is 5.82 Å². The van der Waals surface area contributed by atoms with Gasteiger partial charge in [-0.2, -0.15) is 0 Å². The zero-order valence-corrected chi connectivity index (χ0v) is 16.3. The molecule has 1 nitrogen and oxygen atoms in total. The lowest BCUT2D eigenvalue weighted by Crippen LogP contribution is -2.45.